The lowest BCUT2D eigenvalue weighted by atomic mass is 9.73. The molecular weight excluding hydrogens is 246 g/mol. The number of hydrogen-bond donors (Lipinski definition) is 0. The van der Waals surface area contributed by atoms with Gasteiger partial charge in [-0.2, -0.15) is 0 Å². The summed E-state index contributed by atoms with van der Waals surface area (Å²) in [5.41, 5.74) is 3.51. The summed E-state index contributed by atoms with van der Waals surface area (Å²) < 4.78 is 0. The minimum atomic E-state index is 0.00918. The average Bonchev–Trinajstić information content (AvgIpc) is 2.77. The van der Waals surface area contributed by atoms with Crippen LogP contribution in [0.4, 0.5) is 0 Å². The monoisotopic (exact) mass is 265 g/mol. The van der Waals surface area contributed by atoms with E-state index in [-0.39, 0.29) is 11.4 Å². The zero-order valence-corrected chi connectivity index (χ0v) is 11.6. The molecule has 2 nitrogen and oxygen atoms in total. The van der Waals surface area contributed by atoms with Crippen LogP contribution >= 0.6 is 0 Å². The van der Waals surface area contributed by atoms with Crippen LogP contribution in [0.25, 0.3) is 5.57 Å². The van der Waals surface area contributed by atoms with Gasteiger partial charge in [-0.25, -0.2) is 0 Å². The second kappa shape index (κ2) is 4.34. The average molecular weight is 265 g/mol. The van der Waals surface area contributed by atoms with Crippen molar-refractivity contribution >= 4 is 11.5 Å². The maximum Gasteiger partial charge on any atom is 0.255 e. The fourth-order valence-electron chi connectivity index (χ4n) is 4.17. The van der Waals surface area contributed by atoms with Crippen molar-refractivity contribution in [3.63, 3.8) is 0 Å². The highest BCUT2D eigenvalue weighted by molar-refractivity contribution is 6.23. The first-order valence-electron chi connectivity index (χ1n) is 7.59. The summed E-state index contributed by atoms with van der Waals surface area (Å²) in [6, 6.07) is 10.2. The Labute approximate surface area is 119 Å². The van der Waals surface area contributed by atoms with E-state index in [0.29, 0.717) is 0 Å². The Balaban J connectivity index is 1.91. The van der Waals surface area contributed by atoms with E-state index in [1.807, 2.05) is 18.2 Å². The fourth-order valence-corrected chi connectivity index (χ4v) is 4.17. The number of hydrogen-bond acceptors (Lipinski definition) is 1. The number of amides is 1. The van der Waals surface area contributed by atoms with E-state index in [9.17, 15) is 4.79 Å². The number of carbonyl (C=O) groups is 1. The zero-order valence-electron chi connectivity index (χ0n) is 11.6. The summed E-state index contributed by atoms with van der Waals surface area (Å²) in [4.78, 5) is 15.1. The van der Waals surface area contributed by atoms with Gasteiger partial charge in [-0.05, 0) is 36.8 Å². The third-order valence-electron chi connectivity index (χ3n) is 5.08. The van der Waals surface area contributed by atoms with Crippen LogP contribution in [0.5, 0.6) is 0 Å². The summed E-state index contributed by atoms with van der Waals surface area (Å²) in [6.07, 6.45) is 10.1. The standard InChI is InChI=1S/C18H19NO/c20-17-16(14-8-2-1-3-9-14)15-10-4-5-11-18(15)12-6-7-13-19(17)18/h1-3,6-9H,4-5,10-13H2. The summed E-state index contributed by atoms with van der Waals surface area (Å²) in [6.45, 7) is 0.776. The maximum atomic E-state index is 12.9. The smallest absolute Gasteiger partial charge is 0.255 e. The van der Waals surface area contributed by atoms with Crippen LogP contribution in [-0.2, 0) is 4.79 Å². The van der Waals surface area contributed by atoms with Crippen molar-refractivity contribution in [1.82, 2.24) is 4.90 Å². The largest absolute Gasteiger partial charge is 0.325 e. The van der Waals surface area contributed by atoms with Crippen LogP contribution in [0.2, 0.25) is 0 Å². The van der Waals surface area contributed by atoms with Crippen molar-refractivity contribution in [1.29, 1.82) is 0 Å². The molecule has 0 aromatic heterocycles. The number of benzene rings is 1. The SMILES string of the molecule is O=C1C(c2ccccc2)=C2CCCCC23CC=CCN13. The first-order valence-corrected chi connectivity index (χ1v) is 7.59. The van der Waals surface area contributed by atoms with Crippen LogP contribution in [-0.4, -0.2) is 22.9 Å². The lowest BCUT2D eigenvalue weighted by Gasteiger charge is -2.44. The van der Waals surface area contributed by atoms with Crippen LogP contribution in [0.3, 0.4) is 0 Å². The molecule has 1 aromatic carbocycles. The predicted molar refractivity (Wildman–Crippen MR) is 80.0 cm³/mol. The quantitative estimate of drug-likeness (QED) is 0.711. The summed E-state index contributed by atoms with van der Waals surface area (Å²) in [5, 5.41) is 0. The molecule has 0 N–H and O–H groups in total. The molecular formula is C18H19NO. The van der Waals surface area contributed by atoms with Crippen LogP contribution in [0, 0.1) is 0 Å². The molecule has 1 aromatic rings. The Bertz CT molecular complexity index is 614. The molecule has 0 radical (unpaired) electrons. The second-order valence-electron chi connectivity index (χ2n) is 6.05. The van der Waals surface area contributed by atoms with Gasteiger partial charge in [0, 0.05) is 12.1 Å². The van der Waals surface area contributed by atoms with E-state index in [1.54, 1.807) is 0 Å². The Kier molecular flexibility index (Phi) is 2.59. The third kappa shape index (κ3) is 1.48. The van der Waals surface area contributed by atoms with E-state index in [0.717, 1.165) is 36.9 Å². The van der Waals surface area contributed by atoms with E-state index in [4.69, 9.17) is 0 Å². The Morgan fingerprint density at radius 3 is 2.75 bits per heavy atom. The summed E-state index contributed by atoms with van der Waals surface area (Å²) in [7, 11) is 0. The van der Waals surface area contributed by atoms with Crippen molar-refractivity contribution in [2.75, 3.05) is 6.54 Å². The van der Waals surface area contributed by atoms with Gasteiger partial charge in [0.1, 0.15) is 0 Å². The molecule has 1 aliphatic carbocycles. The van der Waals surface area contributed by atoms with Gasteiger partial charge < -0.3 is 4.90 Å². The third-order valence-corrected chi connectivity index (χ3v) is 5.08. The van der Waals surface area contributed by atoms with E-state index in [2.05, 4.69) is 29.2 Å². The van der Waals surface area contributed by atoms with Gasteiger partial charge in [0.2, 0.25) is 0 Å². The number of rotatable bonds is 1. The van der Waals surface area contributed by atoms with Crippen LogP contribution in [0.15, 0.2) is 48.1 Å². The van der Waals surface area contributed by atoms with Crippen LogP contribution in [0.1, 0.15) is 37.7 Å². The minimum Gasteiger partial charge on any atom is -0.325 e. The van der Waals surface area contributed by atoms with Crippen LogP contribution < -0.4 is 0 Å². The lowest BCUT2D eigenvalue weighted by molar-refractivity contribution is -0.128. The van der Waals surface area contributed by atoms with Gasteiger partial charge in [0.15, 0.2) is 0 Å². The molecule has 0 saturated heterocycles. The first kappa shape index (κ1) is 12.0. The highest BCUT2D eigenvalue weighted by atomic mass is 16.2. The van der Waals surface area contributed by atoms with Gasteiger partial charge in [0.25, 0.3) is 5.91 Å². The molecule has 1 atom stereocenters. The van der Waals surface area contributed by atoms with Gasteiger partial charge in [-0.15, -0.1) is 0 Å². The van der Waals surface area contributed by atoms with E-state index < -0.39 is 0 Å². The predicted octanol–water partition coefficient (Wildman–Crippen LogP) is 3.56. The zero-order chi connectivity index (χ0) is 13.6. The minimum absolute atomic E-state index is 0.00918. The molecule has 1 amide bonds. The Morgan fingerprint density at radius 2 is 1.90 bits per heavy atom. The van der Waals surface area contributed by atoms with Gasteiger partial charge >= 0.3 is 0 Å². The Hall–Kier alpha value is -1.83. The van der Waals surface area contributed by atoms with Gasteiger partial charge in [-0.3, -0.25) is 4.79 Å². The highest BCUT2D eigenvalue weighted by Gasteiger charge is 2.51. The first-order chi connectivity index (χ1) is 9.83. The molecule has 102 valence electrons. The highest BCUT2D eigenvalue weighted by Crippen LogP contribution is 2.51. The Morgan fingerprint density at radius 1 is 1.05 bits per heavy atom. The fraction of sp³-hybridized carbons (Fsp3) is 0.389. The molecule has 1 spiro atoms. The van der Waals surface area contributed by atoms with Crippen molar-refractivity contribution in [2.24, 2.45) is 0 Å². The van der Waals surface area contributed by atoms with Gasteiger partial charge in [0.05, 0.1) is 5.54 Å². The van der Waals surface area contributed by atoms with Gasteiger partial charge in [-0.1, -0.05) is 48.9 Å². The number of nitrogens with zero attached hydrogens (tertiary/aromatic N) is 1. The lowest BCUT2D eigenvalue weighted by Crippen LogP contribution is -2.50. The summed E-state index contributed by atoms with van der Waals surface area (Å²) in [5.74, 6) is 0.248. The topological polar surface area (TPSA) is 20.3 Å². The maximum absolute atomic E-state index is 12.9. The molecule has 20 heavy (non-hydrogen) atoms. The normalized spacial score (nSPS) is 28.6. The summed E-state index contributed by atoms with van der Waals surface area (Å²) >= 11 is 0. The van der Waals surface area contributed by atoms with Crippen molar-refractivity contribution in [2.45, 2.75) is 37.6 Å². The number of carbonyl (C=O) groups excluding carboxylic acids is 1. The molecule has 0 bridgehead atoms. The molecule has 1 unspecified atom stereocenters. The molecule has 4 rings (SSSR count). The molecule has 2 heteroatoms. The molecule has 3 aliphatic rings. The van der Waals surface area contributed by atoms with Crippen molar-refractivity contribution in [3.8, 4) is 0 Å². The molecule has 2 heterocycles. The van der Waals surface area contributed by atoms with Crippen molar-refractivity contribution in [3.05, 3.63) is 53.6 Å². The molecule has 1 saturated carbocycles. The second-order valence-corrected chi connectivity index (χ2v) is 6.05. The van der Waals surface area contributed by atoms with E-state index >= 15 is 0 Å². The molecule has 2 aliphatic heterocycles. The molecule has 1 fully saturated rings. The van der Waals surface area contributed by atoms with E-state index in [1.165, 1.54) is 18.4 Å². The van der Waals surface area contributed by atoms with Crippen molar-refractivity contribution < 1.29 is 4.79 Å².